The summed E-state index contributed by atoms with van der Waals surface area (Å²) in [4.78, 5) is 8.22. The molecule has 1 aliphatic rings. The third-order valence-electron chi connectivity index (χ3n) is 2.87. The molecule has 8 heteroatoms. The molecule has 2 aromatic rings. The van der Waals surface area contributed by atoms with Gasteiger partial charge in [0, 0.05) is 0 Å². The minimum absolute atomic E-state index is 0.0408. The smallest absolute Gasteiger partial charge is 0.178 e. The Labute approximate surface area is 139 Å². The van der Waals surface area contributed by atoms with E-state index in [4.69, 9.17) is 10.5 Å². The number of rotatable bonds is 1. The number of benzene rings is 1. The number of thioether (sulfide) groups is 2. The summed E-state index contributed by atoms with van der Waals surface area (Å²) in [5.74, 6) is -0.383. The molecule has 108 valence electrons. The van der Waals surface area contributed by atoms with Crippen molar-refractivity contribution in [2.24, 2.45) is 0 Å². The van der Waals surface area contributed by atoms with Crippen molar-refractivity contribution in [1.82, 2.24) is 9.97 Å². The Morgan fingerprint density at radius 1 is 0.913 bits per heavy atom. The van der Waals surface area contributed by atoms with Crippen LogP contribution in [-0.4, -0.2) is 9.97 Å². The molecule has 0 atom stereocenters. The van der Waals surface area contributed by atoms with Crippen LogP contribution in [0.15, 0.2) is 38.6 Å². The lowest BCUT2D eigenvalue weighted by Gasteiger charge is -2.01. The lowest BCUT2D eigenvalue weighted by molar-refractivity contribution is 0.627. The van der Waals surface area contributed by atoms with E-state index in [1.165, 1.54) is 47.8 Å². The van der Waals surface area contributed by atoms with Crippen molar-refractivity contribution in [3.8, 4) is 18.2 Å². The molecule has 1 aromatic carbocycles. The molecule has 3 rings (SSSR count). The fraction of sp³-hybridized carbons (Fsp3) is 0. The summed E-state index contributed by atoms with van der Waals surface area (Å²) in [5, 5.41) is 28.4. The van der Waals surface area contributed by atoms with Gasteiger partial charge < -0.3 is 0 Å². The molecule has 0 aliphatic carbocycles. The van der Waals surface area contributed by atoms with E-state index in [0.717, 1.165) is 0 Å². The molecule has 0 saturated heterocycles. The van der Waals surface area contributed by atoms with Crippen molar-refractivity contribution in [2.45, 2.75) is 10.1 Å². The first kappa shape index (κ1) is 15.1. The van der Waals surface area contributed by atoms with Gasteiger partial charge in [0.2, 0.25) is 0 Å². The Kier molecular flexibility index (Phi) is 3.99. The number of halogens is 1. The highest BCUT2D eigenvalue weighted by atomic mass is 32.2. The summed E-state index contributed by atoms with van der Waals surface area (Å²) in [6, 6.07) is 11.4. The number of fused-ring (bicyclic) bond motifs is 1. The van der Waals surface area contributed by atoms with Crippen LogP contribution in [-0.2, 0) is 0 Å². The number of hydrogen-bond acceptors (Lipinski definition) is 7. The molecule has 0 radical (unpaired) electrons. The molecule has 0 N–H and O–H groups in total. The van der Waals surface area contributed by atoms with E-state index in [-0.39, 0.29) is 17.2 Å². The molecular formula is C15H4FN5S2. The maximum Gasteiger partial charge on any atom is 0.178 e. The van der Waals surface area contributed by atoms with Gasteiger partial charge in [0.05, 0.1) is 9.81 Å². The lowest BCUT2D eigenvalue weighted by atomic mass is 10.1. The van der Waals surface area contributed by atoms with Crippen LogP contribution in [0, 0.1) is 39.8 Å². The molecule has 1 aliphatic heterocycles. The summed E-state index contributed by atoms with van der Waals surface area (Å²) >= 11 is 2.42. The highest BCUT2D eigenvalue weighted by Crippen LogP contribution is 2.52. The van der Waals surface area contributed by atoms with Crippen LogP contribution in [0.2, 0.25) is 0 Å². The second-order valence-corrected chi connectivity index (χ2v) is 6.50. The van der Waals surface area contributed by atoms with Crippen molar-refractivity contribution >= 4 is 29.1 Å². The fourth-order valence-corrected chi connectivity index (χ4v) is 4.15. The van der Waals surface area contributed by atoms with Crippen LogP contribution in [0.25, 0.3) is 5.57 Å². The molecule has 23 heavy (non-hydrogen) atoms. The van der Waals surface area contributed by atoms with E-state index in [0.29, 0.717) is 25.4 Å². The van der Waals surface area contributed by atoms with Crippen molar-refractivity contribution < 1.29 is 4.39 Å². The molecule has 2 heterocycles. The number of nitriles is 3. The average Bonchev–Trinajstić information content (AvgIpc) is 2.98. The van der Waals surface area contributed by atoms with Gasteiger partial charge in [0.1, 0.15) is 34.1 Å². The third-order valence-corrected chi connectivity index (χ3v) is 5.24. The molecule has 0 unspecified atom stereocenters. The van der Waals surface area contributed by atoms with Crippen LogP contribution < -0.4 is 0 Å². The Morgan fingerprint density at radius 3 is 1.87 bits per heavy atom. The Balaban J connectivity index is 2.06. The first-order valence-electron chi connectivity index (χ1n) is 6.14. The number of nitrogens with zero attached hydrogens (tertiary/aromatic N) is 5. The van der Waals surface area contributed by atoms with Crippen LogP contribution in [0.5, 0.6) is 0 Å². The number of hydrogen-bond donors (Lipinski definition) is 0. The standard InChI is InChI=1S/C15H4FN5S2/c16-9-3-1-8(2-4-9)10(5-17)15-22-13-14(23-15)21-12(7-19)11(6-18)20-13/h1-4H. The van der Waals surface area contributed by atoms with Gasteiger partial charge in [-0.1, -0.05) is 35.7 Å². The van der Waals surface area contributed by atoms with Gasteiger partial charge in [0.25, 0.3) is 0 Å². The van der Waals surface area contributed by atoms with Crippen LogP contribution in [0.4, 0.5) is 4.39 Å². The molecule has 5 nitrogen and oxygen atoms in total. The van der Waals surface area contributed by atoms with E-state index >= 15 is 0 Å². The van der Waals surface area contributed by atoms with Crippen LogP contribution in [0.3, 0.4) is 0 Å². The highest BCUT2D eigenvalue weighted by molar-refractivity contribution is 8.24. The van der Waals surface area contributed by atoms with Crippen molar-refractivity contribution in [1.29, 1.82) is 15.8 Å². The van der Waals surface area contributed by atoms with Gasteiger partial charge in [-0.3, -0.25) is 0 Å². The number of aromatic nitrogens is 2. The zero-order valence-corrected chi connectivity index (χ0v) is 12.9. The van der Waals surface area contributed by atoms with E-state index in [1.54, 1.807) is 0 Å². The second-order valence-electron chi connectivity index (χ2n) is 4.24. The van der Waals surface area contributed by atoms with Crippen molar-refractivity contribution in [3.05, 3.63) is 51.3 Å². The summed E-state index contributed by atoms with van der Waals surface area (Å²) in [5.41, 5.74) is 0.872. The summed E-state index contributed by atoms with van der Waals surface area (Å²) in [7, 11) is 0. The third kappa shape index (κ3) is 2.76. The van der Waals surface area contributed by atoms with E-state index in [9.17, 15) is 9.65 Å². The van der Waals surface area contributed by atoms with Gasteiger partial charge >= 0.3 is 0 Å². The maximum atomic E-state index is 13.0. The summed E-state index contributed by atoms with van der Waals surface area (Å²) in [6.45, 7) is 0. The van der Waals surface area contributed by atoms with Crippen LogP contribution in [0.1, 0.15) is 17.0 Å². The molecule has 0 bridgehead atoms. The second kappa shape index (κ2) is 6.10. The largest absolute Gasteiger partial charge is 0.224 e. The van der Waals surface area contributed by atoms with E-state index in [2.05, 4.69) is 16.0 Å². The fourth-order valence-electron chi connectivity index (χ4n) is 1.84. The zero-order chi connectivity index (χ0) is 16.4. The molecule has 0 amide bonds. The molecule has 0 saturated carbocycles. The first-order chi connectivity index (χ1) is 11.2. The minimum atomic E-state index is -0.383. The van der Waals surface area contributed by atoms with E-state index < -0.39 is 0 Å². The molecule has 1 aromatic heterocycles. The van der Waals surface area contributed by atoms with Crippen LogP contribution >= 0.6 is 23.5 Å². The zero-order valence-electron chi connectivity index (χ0n) is 11.2. The normalized spacial score (nSPS) is 12.0. The SMILES string of the molecule is N#CC(=C1Sc2nc(C#N)c(C#N)nc2S1)c1ccc(F)cc1. The highest BCUT2D eigenvalue weighted by Gasteiger charge is 2.26. The lowest BCUT2D eigenvalue weighted by Crippen LogP contribution is -1.96. The predicted octanol–water partition coefficient (Wildman–Crippen LogP) is 3.45. The summed E-state index contributed by atoms with van der Waals surface area (Å²) < 4.78 is 13.7. The van der Waals surface area contributed by atoms with Crippen molar-refractivity contribution in [2.75, 3.05) is 0 Å². The average molecular weight is 337 g/mol. The Morgan fingerprint density at radius 2 is 1.43 bits per heavy atom. The van der Waals surface area contributed by atoms with Gasteiger partial charge in [-0.15, -0.1) is 0 Å². The van der Waals surface area contributed by atoms with Gasteiger partial charge in [-0.25, -0.2) is 14.4 Å². The first-order valence-corrected chi connectivity index (χ1v) is 7.78. The number of allylic oxidation sites excluding steroid dienone is 1. The van der Waals surface area contributed by atoms with Gasteiger partial charge in [-0.2, -0.15) is 15.8 Å². The molecule has 0 spiro atoms. The Hall–Kier alpha value is -2.86. The molecule has 0 fully saturated rings. The quantitative estimate of drug-likeness (QED) is 0.735. The minimum Gasteiger partial charge on any atom is -0.224 e. The predicted molar refractivity (Wildman–Crippen MR) is 82.1 cm³/mol. The van der Waals surface area contributed by atoms with Crippen molar-refractivity contribution in [3.63, 3.8) is 0 Å². The van der Waals surface area contributed by atoms with Gasteiger partial charge in [-0.05, 0) is 17.7 Å². The monoisotopic (exact) mass is 337 g/mol. The maximum absolute atomic E-state index is 13.0. The van der Waals surface area contributed by atoms with E-state index in [1.807, 2.05) is 12.1 Å². The van der Waals surface area contributed by atoms with Gasteiger partial charge in [0.15, 0.2) is 11.4 Å². The summed E-state index contributed by atoms with van der Waals surface area (Å²) in [6.07, 6.45) is 0. The Bertz CT molecular complexity index is 917. The topological polar surface area (TPSA) is 97.1 Å². The molecular weight excluding hydrogens is 333 g/mol.